The highest BCUT2D eigenvalue weighted by molar-refractivity contribution is 5.76. The Hall–Kier alpha value is -3.67. The molecule has 0 spiro atoms. The number of amides is 1. The lowest BCUT2D eigenvalue weighted by Crippen LogP contribution is -2.60. The number of unbranched alkanes of at least 4 members (excludes halogenated alkanes) is 11. The number of aliphatic hydroxyl groups excluding tert-OH is 5. The largest absolute Gasteiger partial charge is 0.394 e. The van der Waals surface area contributed by atoms with Crippen LogP contribution in [0.15, 0.2) is 134 Å². The fourth-order valence-electron chi connectivity index (χ4n) is 7.52. The molecule has 0 aromatic rings. The molecule has 1 aliphatic rings. The van der Waals surface area contributed by atoms with Crippen molar-refractivity contribution in [2.75, 3.05) is 13.2 Å². The molecular formula is C60H97NO8. The molecule has 0 aromatic carbocycles. The number of aliphatic hydroxyl groups is 5. The zero-order valence-corrected chi connectivity index (χ0v) is 43.0. The predicted molar refractivity (Wildman–Crippen MR) is 290 cm³/mol. The lowest BCUT2D eigenvalue weighted by atomic mass is 9.99. The fourth-order valence-corrected chi connectivity index (χ4v) is 7.52. The molecular weight excluding hydrogens is 863 g/mol. The van der Waals surface area contributed by atoms with Gasteiger partial charge in [0.2, 0.25) is 5.91 Å². The van der Waals surface area contributed by atoms with Crippen LogP contribution in [0, 0.1) is 0 Å². The summed E-state index contributed by atoms with van der Waals surface area (Å²) in [5.41, 5.74) is 0. The van der Waals surface area contributed by atoms with Crippen molar-refractivity contribution in [3.63, 3.8) is 0 Å². The van der Waals surface area contributed by atoms with Crippen LogP contribution in [0.25, 0.3) is 0 Å². The molecule has 1 aliphatic heterocycles. The monoisotopic (exact) mass is 960 g/mol. The molecule has 0 saturated carbocycles. The van der Waals surface area contributed by atoms with Gasteiger partial charge in [0, 0.05) is 6.42 Å². The van der Waals surface area contributed by atoms with Gasteiger partial charge in [0.1, 0.15) is 24.4 Å². The number of hydrogen-bond acceptors (Lipinski definition) is 8. The summed E-state index contributed by atoms with van der Waals surface area (Å²) in [6, 6.07) is -0.730. The third-order valence-corrected chi connectivity index (χ3v) is 11.8. The van der Waals surface area contributed by atoms with Gasteiger partial charge in [-0.3, -0.25) is 4.79 Å². The Labute approximate surface area is 420 Å². The lowest BCUT2D eigenvalue weighted by molar-refractivity contribution is -0.302. The van der Waals surface area contributed by atoms with E-state index in [2.05, 4.69) is 153 Å². The van der Waals surface area contributed by atoms with E-state index >= 15 is 0 Å². The number of hydrogen-bond donors (Lipinski definition) is 6. The molecule has 9 heteroatoms. The quantitative estimate of drug-likeness (QED) is 0.0261. The van der Waals surface area contributed by atoms with Gasteiger partial charge >= 0.3 is 0 Å². The maximum atomic E-state index is 12.9. The molecule has 6 N–H and O–H groups in total. The molecule has 0 radical (unpaired) electrons. The minimum Gasteiger partial charge on any atom is -0.394 e. The van der Waals surface area contributed by atoms with Crippen LogP contribution in [-0.2, 0) is 14.3 Å². The Bertz CT molecular complexity index is 1530. The van der Waals surface area contributed by atoms with Crippen molar-refractivity contribution >= 4 is 5.91 Å². The first-order valence-electron chi connectivity index (χ1n) is 26.9. The summed E-state index contributed by atoms with van der Waals surface area (Å²) < 4.78 is 11.2. The van der Waals surface area contributed by atoms with Crippen molar-refractivity contribution in [1.82, 2.24) is 5.32 Å². The van der Waals surface area contributed by atoms with E-state index in [1.165, 1.54) is 19.3 Å². The molecule has 7 atom stereocenters. The molecule has 0 bridgehead atoms. The van der Waals surface area contributed by atoms with E-state index in [9.17, 15) is 30.3 Å². The molecule has 69 heavy (non-hydrogen) atoms. The van der Waals surface area contributed by atoms with Gasteiger partial charge in [-0.2, -0.15) is 0 Å². The van der Waals surface area contributed by atoms with Crippen molar-refractivity contribution in [3.05, 3.63) is 134 Å². The molecule has 1 fully saturated rings. The molecule has 1 saturated heterocycles. The van der Waals surface area contributed by atoms with Gasteiger partial charge in [-0.15, -0.1) is 0 Å². The molecule has 0 aromatic heterocycles. The zero-order chi connectivity index (χ0) is 50.1. The summed E-state index contributed by atoms with van der Waals surface area (Å²) in [5, 5.41) is 53.9. The van der Waals surface area contributed by atoms with E-state index < -0.39 is 49.5 Å². The van der Waals surface area contributed by atoms with Gasteiger partial charge in [-0.05, 0) is 96.3 Å². The van der Waals surface area contributed by atoms with Crippen LogP contribution >= 0.6 is 0 Å². The van der Waals surface area contributed by atoms with E-state index in [4.69, 9.17) is 9.47 Å². The number of carbonyl (C=O) groups excluding carboxylic acids is 1. The van der Waals surface area contributed by atoms with E-state index in [0.29, 0.717) is 12.8 Å². The van der Waals surface area contributed by atoms with E-state index in [0.717, 1.165) is 135 Å². The molecule has 9 nitrogen and oxygen atoms in total. The zero-order valence-electron chi connectivity index (χ0n) is 43.0. The van der Waals surface area contributed by atoms with Crippen molar-refractivity contribution < 1.29 is 39.8 Å². The third kappa shape index (κ3) is 37.8. The summed E-state index contributed by atoms with van der Waals surface area (Å²) in [4.78, 5) is 12.9. The van der Waals surface area contributed by atoms with Crippen molar-refractivity contribution in [2.24, 2.45) is 0 Å². The number of rotatable bonds is 43. The average Bonchev–Trinajstić information content (AvgIpc) is 3.35. The Morgan fingerprint density at radius 1 is 0.507 bits per heavy atom. The SMILES string of the molecule is CC/C=C\C/C=C\C/C=C\C/C=C\C/C=C\C/C=C\C/C=C\C/C=C\C/C=C\C/C=C\C/C=C\CCCCCCCCCC(=O)NC(COC1OC(CO)C(O)C(O)C1O)C(O)CCCCCCC. The second kappa shape index (κ2) is 48.0. The number of allylic oxidation sites excluding steroid dienone is 22. The van der Waals surface area contributed by atoms with Crippen LogP contribution in [-0.4, -0.2) is 87.5 Å². The minimum absolute atomic E-state index is 0.153. The van der Waals surface area contributed by atoms with Crippen LogP contribution < -0.4 is 5.32 Å². The van der Waals surface area contributed by atoms with Crippen LogP contribution in [0.1, 0.15) is 181 Å². The van der Waals surface area contributed by atoms with Gasteiger partial charge in [0.25, 0.3) is 0 Å². The summed E-state index contributed by atoms with van der Waals surface area (Å²) in [7, 11) is 0. The third-order valence-electron chi connectivity index (χ3n) is 11.8. The van der Waals surface area contributed by atoms with Gasteiger partial charge in [-0.1, -0.05) is 212 Å². The minimum atomic E-state index is -1.56. The van der Waals surface area contributed by atoms with Crippen LogP contribution in [0.3, 0.4) is 0 Å². The highest BCUT2D eigenvalue weighted by Gasteiger charge is 2.44. The predicted octanol–water partition coefficient (Wildman–Crippen LogP) is 12.9. The molecule has 1 rings (SSSR count). The highest BCUT2D eigenvalue weighted by atomic mass is 16.7. The Morgan fingerprint density at radius 3 is 1.33 bits per heavy atom. The first kappa shape index (κ1) is 63.3. The van der Waals surface area contributed by atoms with Gasteiger partial charge < -0.3 is 40.3 Å². The fraction of sp³-hybridized carbons (Fsp3) is 0.617. The van der Waals surface area contributed by atoms with Gasteiger partial charge in [0.15, 0.2) is 6.29 Å². The first-order chi connectivity index (χ1) is 33.8. The van der Waals surface area contributed by atoms with E-state index in [-0.39, 0.29) is 12.5 Å². The van der Waals surface area contributed by atoms with Gasteiger partial charge in [0.05, 0.1) is 25.4 Å². The summed E-state index contributed by atoms with van der Waals surface area (Å²) in [6.07, 6.45) is 66.8. The molecule has 390 valence electrons. The maximum Gasteiger partial charge on any atom is 0.220 e. The smallest absolute Gasteiger partial charge is 0.220 e. The van der Waals surface area contributed by atoms with Crippen LogP contribution in [0.5, 0.6) is 0 Å². The molecule has 1 amide bonds. The molecule has 1 heterocycles. The van der Waals surface area contributed by atoms with E-state index in [1.54, 1.807) is 0 Å². The Balaban J connectivity index is 2.07. The molecule has 0 aliphatic carbocycles. The normalized spacial score (nSPS) is 20.6. The number of nitrogens with one attached hydrogen (secondary N) is 1. The summed E-state index contributed by atoms with van der Waals surface area (Å²) in [6.45, 7) is 3.59. The average molecular weight is 960 g/mol. The second-order valence-corrected chi connectivity index (χ2v) is 17.9. The standard InChI is InChI=1S/C60H97NO8/c1-3-5-7-9-10-11-12-13-14-15-16-17-18-19-20-21-22-23-24-25-26-27-28-29-30-31-32-33-34-35-36-37-38-39-40-41-42-43-44-46-48-50-56(64)61-53(54(63)49-47-45-8-6-4-2)52-68-60-59(67)58(66)57(65)55(51-62)69-60/h5,7,10-11,13-14,16-17,19-20,22-23,25-26,28-29,31-32,34-35,37-38,53-55,57-60,62-63,65-67H,3-4,6,8-9,12,15,18,21,24,27,30,33,36,39-52H2,1-2H3,(H,61,64)/b7-5-,11-10-,14-13-,17-16-,20-19-,23-22-,26-25-,29-28-,32-31-,35-34-,38-37-. The van der Waals surface area contributed by atoms with E-state index in [1.807, 2.05) is 0 Å². The summed E-state index contributed by atoms with van der Waals surface area (Å²) >= 11 is 0. The highest BCUT2D eigenvalue weighted by Crippen LogP contribution is 2.23. The van der Waals surface area contributed by atoms with Gasteiger partial charge in [-0.25, -0.2) is 0 Å². The number of carbonyl (C=O) groups is 1. The molecule has 7 unspecified atom stereocenters. The van der Waals surface area contributed by atoms with Crippen molar-refractivity contribution in [3.8, 4) is 0 Å². The Morgan fingerprint density at radius 2 is 0.899 bits per heavy atom. The lowest BCUT2D eigenvalue weighted by Gasteiger charge is -2.40. The second-order valence-electron chi connectivity index (χ2n) is 17.9. The number of ether oxygens (including phenoxy) is 2. The van der Waals surface area contributed by atoms with Crippen molar-refractivity contribution in [1.29, 1.82) is 0 Å². The van der Waals surface area contributed by atoms with Crippen LogP contribution in [0.2, 0.25) is 0 Å². The first-order valence-corrected chi connectivity index (χ1v) is 26.9. The van der Waals surface area contributed by atoms with Crippen molar-refractivity contribution in [2.45, 2.75) is 224 Å². The maximum absolute atomic E-state index is 12.9. The Kier molecular flexibility index (Phi) is 44.0. The summed E-state index contributed by atoms with van der Waals surface area (Å²) in [5.74, 6) is -0.170. The topological polar surface area (TPSA) is 149 Å². The van der Waals surface area contributed by atoms with Crippen LogP contribution in [0.4, 0.5) is 0 Å².